The molecule has 0 spiro atoms. The molecule has 0 radical (unpaired) electrons. The number of alkyl halides is 3. The minimum Gasteiger partial charge on any atom is -0.461 e. The zero-order valence-corrected chi connectivity index (χ0v) is 23.1. The molecule has 3 aromatic heterocycles. The van der Waals surface area contributed by atoms with Crippen LogP contribution in [-0.4, -0.2) is 11.2 Å². The van der Waals surface area contributed by atoms with Crippen molar-refractivity contribution in [2.75, 3.05) is 0 Å². The van der Waals surface area contributed by atoms with E-state index in [0.29, 0.717) is 22.7 Å². The summed E-state index contributed by atoms with van der Waals surface area (Å²) in [6.45, 7) is 8.99. The largest absolute Gasteiger partial charge is 0.461 e. The molecular formula is C34H30F3NO2. The second-order valence-corrected chi connectivity index (χ2v) is 12.2. The number of aromatic nitrogens is 1. The highest BCUT2D eigenvalue weighted by Gasteiger charge is 2.47. The van der Waals surface area contributed by atoms with Crippen molar-refractivity contribution in [3.63, 3.8) is 0 Å². The molecule has 0 aliphatic heterocycles. The summed E-state index contributed by atoms with van der Waals surface area (Å²) in [7, 11) is 0. The van der Waals surface area contributed by atoms with Gasteiger partial charge in [0.05, 0.1) is 5.41 Å². The van der Waals surface area contributed by atoms with Gasteiger partial charge in [0, 0.05) is 34.5 Å². The van der Waals surface area contributed by atoms with Crippen molar-refractivity contribution >= 4 is 32.7 Å². The lowest BCUT2D eigenvalue weighted by Crippen LogP contribution is -2.33. The van der Waals surface area contributed by atoms with Gasteiger partial charge in [-0.25, -0.2) is 0 Å². The van der Waals surface area contributed by atoms with Crippen LogP contribution in [0.2, 0.25) is 0 Å². The van der Waals surface area contributed by atoms with E-state index in [1.807, 2.05) is 30.3 Å². The van der Waals surface area contributed by atoms with Crippen molar-refractivity contribution in [2.45, 2.75) is 52.6 Å². The van der Waals surface area contributed by atoms with E-state index in [1.165, 1.54) is 24.8 Å². The van der Waals surface area contributed by atoms with E-state index >= 15 is 0 Å². The highest BCUT2D eigenvalue weighted by molar-refractivity contribution is 5.97. The Kier molecular flexibility index (Phi) is 5.88. The van der Waals surface area contributed by atoms with Crippen molar-refractivity contribution in [3.05, 3.63) is 90.3 Å². The van der Waals surface area contributed by atoms with Gasteiger partial charge >= 0.3 is 6.18 Å². The molecule has 0 unspecified atom stereocenters. The lowest BCUT2D eigenvalue weighted by molar-refractivity contribution is -0.211. The zero-order chi connectivity index (χ0) is 28.4. The van der Waals surface area contributed by atoms with Gasteiger partial charge in [-0.15, -0.1) is 0 Å². The predicted molar refractivity (Wildman–Crippen MR) is 154 cm³/mol. The van der Waals surface area contributed by atoms with Crippen molar-refractivity contribution < 1.29 is 22.0 Å². The van der Waals surface area contributed by atoms with E-state index in [1.54, 1.807) is 18.3 Å². The lowest BCUT2D eigenvalue weighted by Gasteiger charge is -2.26. The Morgan fingerprint density at radius 2 is 1.48 bits per heavy atom. The van der Waals surface area contributed by atoms with Crippen molar-refractivity contribution in [3.8, 4) is 22.6 Å². The van der Waals surface area contributed by atoms with Gasteiger partial charge in [0.15, 0.2) is 5.58 Å². The van der Waals surface area contributed by atoms with Crippen LogP contribution in [0.1, 0.15) is 45.9 Å². The van der Waals surface area contributed by atoms with Crippen LogP contribution in [0.3, 0.4) is 0 Å². The van der Waals surface area contributed by atoms with Crippen LogP contribution in [0.15, 0.2) is 87.8 Å². The van der Waals surface area contributed by atoms with Gasteiger partial charge in [0.2, 0.25) is 0 Å². The SMILES string of the molecule is CC(C)(C)c1cc(-c2nccc3cc(-c4ccc5oc(CC(C)(C)C(F)(F)F)cc5c4)oc23)cc2ccccc12. The van der Waals surface area contributed by atoms with Crippen LogP contribution in [-0.2, 0) is 11.8 Å². The molecule has 0 aliphatic carbocycles. The van der Waals surface area contributed by atoms with Crippen LogP contribution in [0, 0.1) is 5.41 Å². The quantitative estimate of drug-likeness (QED) is 0.223. The minimum absolute atomic E-state index is 0.0635. The van der Waals surface area contributed by atoms with E-state index in [4.69, 9.17) is 13.8 Å². The number of rotatable bonds is 4. The van der Waals surface area contributed by atoms with Crippen LogP contribution < -0.4 is 0 Å². The van der Waals surface area contributed by atoms with E-state index in [2.05, 4.69) is 51.1 Å². The lowest BCUT2D eigenvalue weighted by atomic mass is 9.82. The molecule has 6 heteroatoms. The Morgan fingerprint density at radius 3 is 2.23 bits per heavy atom. The Bertz CT molecular complexity index is 1880. The summed E-state index contributed by atoms with van der Waals surface area (Å²) < 4.78 is 52.4. The van der Waals surface area contributed by atoms with Gasteiger partial charge in [0.1, 0.15) is 22.8 Å². The Hall–Kier alpha value is -4.06. The second-order valence-electron chi connectivity index (χ2n) is 12.2. The van der Waals surface area contributed by atoms with E-state index < -0.39 is 11.6 Å². The number of pyridine rings is 1. The van der Waals surface area contributed by atoms with E-state index in [9.17, 15) is 13.2 Å². The maximum atomic E-state index is 13.4. The van der Waals surface area contributed by atoms with Gasteiger partial charge < -0.3 is 8.83 Å². The van der Waals surface area contributed by atoms with Gasteiger partial charge in [-0.2, -0.15) is 13.2 Å². The van der Waals surface area contributed by atoms with Crippen LogP contribution in [0.25, 0.3) is 55.3 Å². The molecule has 40 heavy (non-hydrogen) atoms. The summed E-state index contributed by atoms with van der Waals surface area (Å²) in [5, 5.41) is 4.02. The Morgan fingerprint density at radius 1 is 0.725 bits per heavy atom. The molecule has 0 saturated carbocycles. The standard InChI is InChI=1S/C34H30F3NO2/c1-32(2,3)27-17-24(14-20-8-6-7-9-26(20)27)30-31-22(12-13-38-30)18-29(40-31)21-10-11-28-23(15-21)16-25(39-28)19-33(4,5)34(35,36)37/h6-18H,19H2,1-5H3. The summed E-state index contributed by atoms with van der Waals surface area (Å²) in [6, 6.07) is 23.8. The number of halogens is 3. The summed E-state index contributed by atoms with van der Waals surface area (Å²) in [6.07, 6.45) is -2.77. The molecule has 0 N–H and O–H groups in total. The van der Waals surface area contributed by atoms with Crippen molar-refractivity contribution in [1.82, 2.24) is 4.98 Å². The average molecular weight is 542 g/mol. The fourth-order valence-electron chi connectivity index (χ4n) is 5.25. The topological polar surface area (TPSA) is 39.2 Å². The van der Waals surface area contributed by atoms with Gasteiger partial charge in [-0.3, -0.25) is 4.98 Å². The molecule has 0 saturated heterocycles. The predicted octanol–water partition coefficient (Wildman–Crippen LogP) is 10.5. The maximum absolute atomic E-state index is 13.4. The number of fused-ring (bicyclic) bond motifs is 3. The molecule has 3 aromatic carbocycles. The number of hydrogen-bond donors (Lipinski definition) is 0. The number of furan rings is 2. The fraction of sp³-hybridized carbons (Fsp3) is 0.265. The monoisotopic (exact) mass is 541 g/mol. The third-order valence-corrected chi connectivity index (χ3v) is 7.61. The van der Waals surface area contributed by atoms with Gasteiger partial charge in [0.25, 0.3) is 0 Å². The number of hydrogen-bond acceptors (Lipinski definition) is 3. The van der Waals surface area contributed by atoms with Crippen LogP contribution >= 0.6 is 0 Å². The highest BCUT2D eigenvalue weighted by atomic mass is 19.4. The Balaban J connectivity index is 1.42. The van der Waals surface area contributed by atoms with E-state index in [-0.39, 0.29) is 11.8 Å². The Labute approximate surface area is 230 Å². The van der Waals surface area contributed by atoms with Gasteiger partial charge in [-0.1, -0.05) is 58.9 Å². The average Bonchev–Trinajstić information content (AvgIpc) is 3.49. The molecule has 3 nitrogen and oxygen atoms in total. The number of nitrogens with zero attached hydrogens (tertiary/aromatic N) is 1. The molecule has 0 bridgehead atoms. The first kappa shape index (κ1) is 26.2. The van der Waals surface area contributed by atoms with Crippen molar-refractivity contribution in [1.29, 1.82) is 0 Å². The van der Waals surface area contributed by atoms with Crippen molar-refractivity contribution in [2.24, 2.45) is 5.41 Å². The van der Waals surface area contributed by atoms with Crippen LogP contribution in [0.4, 0.5) is 13.2 Å². The summed E-state index contributed by atoms with van der Waals surface area (Å²) in [4.78, 5) is 4.72. The highest BCUT2D eigenvalue weighted by Crippen LogP contribution is 2.42. The molecule has 6 aromatic rings. The summed E-state index contributed by atoms with van der Waals surface area (Å²) >= 11 is 0. The molecule has 3 heterocycles. The third kappa shape index (κ3) is 4.55. The first-order valence-electron chi connectivity index (χ1n) is 13.3. The molecule has 0 amide bonds. The third-order valence-electron chi connectivity index (χ3n) is 7.61. The molecule has 0 atom stereocenters. The molecule has 6 rings (SSSR count). The van der Waals surface area contributed by atoms with Crippen LogP contribution in [0.5, 0.6) is 0 Å². The summed E-state index contributed by atoms with van der Waals surface area (Å²) in [5.74, 6) is 0.956. The van der Waals surface area contributed by atoms with E-state index in [0.717, 1.165) is 33.0 Å². The molecular weight excluding hydrogens is 511 g/mol. The fourth-order valence-corrected chi connectivity index (χ4v) is 5.25. The minimum atomic E-state index is -4.32. The maximum Gasteiger partial charge on any atom is 0.394 e. The zero-order valence-electron chi connectivity index (χ0n) is 23.1. The molecule has 0 fully saturated rings. The first-order chi connectivity index (χ1) is 18.8. The van der Waals surface area contributed by atoms with Gasteiger partial charge in [-0.05, 0) is 70.3 Å². The first-order valence-corrected chi connectivity index (χ1v) is 13.3. The smallest absolute Gasteiger partial charge is 0.394 e. The normalized spacial score (nSPS) is 13.1. The number of benzene rings is 3. The summed E-state index contributed by atoms with van der Waals surface area (Å²) in [5.41, 5.74) is 3.08. The molecule has 0 aliphatic rings. The molecule has 204 valence electrons. The second kappa shape index (κ2) is 8.98.